The minimum Gasteiger partial charge on any atom is -0.336 e. The molecule has 0 spiro atoms. The van der Waals surface area contributed by atoms with E-state index >= 15 is 0 Å². The quantitative estimate of drug-likeness (QED) is 0.719. The molecule has 1 rings (SSSR count). The van der Waals surface area contributed by atoms with Crippen LogP contribution in [0.25, 0.3) is 0 Å². The number of nitrogens with zero attached hydrogens (tertiary/aromatic N) is 2. The van der Waals surface area contributed by atoms with Gasteiger partial charge in [-0.3, -0.25) is 0 Å². The lowest BCUT2D eigenvalue weighted by Crippen LogP contribution is -1.99. The van der Waals surface area contributed by atoms with Gasteiger partial charge in [-0.1, -0.05) is 11.6 Å². The summed E-state index contributed by atoms with van der Waals surface area (Å²) in [6.45, 7) is 1.57. The van der Waals surface area contributed by atoms with Crippen molar-refractivity contribution in [2.75, 3.05) is 0 Å². The molecule has 0 saturated carbocycles. The largest absolute Gasteiger partial charge is 0.336 e. The molecule has 0 saturated heterocycles. The van der Waals surface area contributed by atoms with Crippen LogP contribution in [-0.4, -0.2) is 15.3 Å². The first kappa shape index (κ1) is 9.26. The molecule has 1 aromatic heterocycles. The third-order valence-electron chi connectivity index (χ3n) is 1.72. The van der Waals surface area contributed by atoms with E-state index < -0.39 is 0 Å². The molecule has 0 fully saturated rings. The molecule has 0 radical (unpaired) electrons. The number of hydrogen-bond acceptors (Lipinski definition) is 2. The highest BCUT2D eigenvalue weighted by Crippen LogP contribution is 2.14. The van der Waals surface area contributed by atoms with Gasteiger partial charge in [0.05, 0.1) is 12.0 Å². The van der Waals surface area contributed by atoms with Crippen LogP contribution < -0.4 is 0 Å². The van der Waals surface area contributed by atoms with Gasteiger partial charge in [0.1, 0.15) is 10.9 Å². The summed E-state index contributed by atoms with van der Waals surface area (Å²) >= 11 is 5.79. The fourth-order valence-electron chi connectivity index (χ4n) is 1.00. The van der Waals surface area contributed by atoms with Crippen molar-refractivity contribution in [1.82, 2.24) is 9.55 Å². The molecule has 0 bridgehead atoms. The number of halogens is 1. The number of hydrogen-bond donors (Lipinski definition) is 0. The Morgan fingerprint density at radius 3 is 2.83 bits per heavy atom. The fraction of sp³-hybridized carbons (Fsp3) is 0.500. The van der Waals surface area contributed by atoms with Gasteiger partial charge in [-0.25, -0.2) is 4.98 Å². The Hall–Kier alpha value is -0.830. The molecule has 0 aromatic carbocycles. The second kappa shape index (κ2) is 3.72. The first-order valence-corrected chi connectivity index (χ1v) is 4.14. The van der Waals surface area contributed by atoms with Crippen LogP contribution in [0.15, 0.2) is 6.33 Å². The molecule has 0 amide bonds. The average molecular weight is 187 g/mol. The number of Topliss-reactive ketones (excluding diaryl/α,β-unsaturated/α-hetero) is 1. The van der Waals surface area contributed by atoms with Crippen LogP contribution >= 0.6 is 11.6 Å². The normalized spacial score (nSPS) is 10.2. The van der Waals surface area contributed by atoms with E-state index in [9.17, 15) is 4.79 Å². The van der Waals surface area contributed by atoms with Crippen LogP contribution in [-0.2, 0) is 18.3 Å². The van der Waals surface area contributed by atoms with Gasteiger partial charge >= 0.3 is 0 Å². The maximum Gasteiger partial charge on any atom is 0.150 e. The van der Waals surface area contributed by atoms with Crippen molar-refractivity contribution >= 4 is 17.4 Å². The second-order valence-corrected chi connectivity index (χ2v) is 3.15. The van der Waals surface area contributed by atoms with Crippen LogP contribution in [0.2, 0.25) is 5.15 Å². The van der Waals surface area contributed by atoms with E-state index in [4.69, 9.17) is 11.6 Å². The van der Waals surface area contributed by atoms with Crippen LogP contribution in [0.3, 0.4) is 0 Å². The van der Waals surface area contributed by atoms with Crippen molar-refractivity contribution in [3.8, 4) is 0 Å². The number of aryl methyl sites for hydroxylation is 1. The number of carbonyl (C=O) groups is 1. The summed E-state index contributed by atoms with van der Waals surface area (Å²) in [6, 6.07) is 0. The molecule has 0 unspecified atom stereocenters. The summed E-state index contributed by atoms with van der Waals surface area (Å²) in [4.78, 5) is 14.6. The maximum absolute atomic E-state index is 10.7. The van der Waals surface area contributed by atoms with Crippen LogP contribution in [0, 0.1) is 0 Å². The summed E-state index contributed by atoms with van der Waals surface area (Å²) in [7, 11) is 1.87. The van der Waals surface area contributed by atoms with E-state index in [1.54, 1.807) is 13.3 Å². The topological polar surface area (TPSA) is 34.9 Å². The molecule has 0 aliphatic heterocycles. The van der Waals surface area contributed by atoms with Gasteiger partial charge in [0.25, 0.3) is 0 Å². The Bertz CT molecular complexity index is 274. The Labute approximate surface area is 76.4 Å². The minimum atomic E-state index is 0.173. The molecule has 12 heavy (non-hydrogen) atoms. The molecular formula is C8H11ClN2O. The van der Waals surface area contributed by atoms with E-state index in [0.717, 1.165) is 5.69 Å². The number of aromatic nitrogens is 2. The van der Waals surface area contributed by atoms with Crippen LogP contribution in [0.1, 0.15) is 19.0 Å². The van der Waals surface area contributed by atoms with Crippen molar-refractivity contribution < 1.29 is 4.79 Å². The van der Waals surface area contributed by atoms with Gasteiger partial charge in [-0.2, -0.15) is 0 Å². The lowest BCUT2D eigenvalue weighted by atomic mass is 10.2. The van der Waals surface area contributed by atoms with E-state index in [0.29, 0.717) is 18.0 Å². The van der Waals surface area contributed by atoms with E-state index in [-0.39, 0.29) is 5.78 Å². The number of ketones is 1. The third kappa shape index (κ3) is 2.08. The van der Waals surface area contributed by atoms with Crippen molar-refractivity contribution in [3.63, 3.8) is 0 Å². The van der Waals surface area contributed by atoms with E-state index in [2.05, 4.69) is 4.98 Å². The Kier molecular flexibility index (Phi) is 2.87. The predicted octanol–water partition coefficient (Wildman–Crippen LogP) is 1.60. The molecule has 66 valence electrons. The number of imidazole rings is 1. The summed E-state index contributed by atoms with van der Waals surface area (Å²) in [5.74, 6) is 0.173. The smallest absolute Gasteiger partial charge is 0.150 e. The molecule has 1 aromatic rings. The van der Waals surface area contributed by atoms with Crippen molar-refractivity contribution in [2.45, 2.75) is 19.8 Å². The zero-order chi connectivity index (χ0) is 9.14. The Balaban J connectivity index is 2.68. The van der Waals surface area contributed by atoms with Gasteiger partial charge in [0, 0.05) is 13.5 Å². The van der Waals surface area contributed by atoms with Gasteiger partial charge in [-0.05, 0) is 13.3 Å². The summed E-state index contributed by atoms with van der Waals surface area (Å²) in [5.41, 5.74) is 0.923. The maximum atomic E-state index is 10.7. The van der Waals surface area contributed by atoms with E-state index in [1.807, 2.05) is 11.6 Å². The Morgan fingerprint density at radius 2 is 2.42 bits per heavy atom. The molecule has 1 heterocycles. The highest BCUT2D eigenvalue weighted by atomic mass is 35.5. The van der Waals surface area contributed by atoms with Crippen molar-refractivity contribution in [3.05, 3.63) is 17.2 Å². The average Bonchev–Trinajstić information content (AvgIpc) is 2.28. The molecule has 0 aliphatic rings. The molecule has 4 heteroatoms. The lowest BCUT2D eigenvalue weighted by molar-refractivity contribution is -0.116. The van der Waals surface area contributed by atoms with Gasteiger partial charge in [0.15, 0.2) is 0 Å². The van der Waals surface area contributed by atoms with Gasteiger partial charge in [-0.15, -0.1) is 0 Å². The van der Waals surface area contributed by atoms with Crippen LogP contribution in [0.4, 0.5) is 0 Å². The zero-order valence-corrected chi connectivity index (χ0v) is 7.93. The van der Waals surface area contributed by atoms with E-state index in [1.165, 1.54) is 0 Å². The SMILES string of the molecule is CC(=O)CCc1c(Cl)ncn1C. The molecule has 0 atom stereocenters. The minimum absolute atomic E-state index is 0.173. The highest BCUT2D eigenvalue weighted by molar-refractivity contribution is 6.30. The molecule has 3 nitrogen and oxygen atoms in total. The predicted molar refractivity (Wildman–Crippen MR) is 47.2 cm³/mol. The standard InChI is InChI=1S/C8H11ClN2O/c1-6(12)3-4-7-8(9)10-5-11(7)2/h5H,3-4H2,1-2H3. The fourth-order valence-corrected chi connectivity index (χ4v) is 1.27. The zero-order valence-electron chi connectivity index (χ0n) is 7.17. The summed E-state index contributed by atoms with van der Waals surface area (Å²) in [6.07, 6.45) is 2.85. The van der Waals surface area contributed by atoms with Crippen LogP contribution in [0.5, 0.6) is 0 Å². The monoisotopic (exact) mass is 186 g/mol. The number of carbonyl (C=O) groups excluding carboxylic acids is 1. The second-order valence-electron chi connectivity index (χ2n) is 2.79. The van der Waals surface area contributed by atoms with Crippen molar-refractivity contribution in [2.24, 2.45) is 7.05 Å². The summed E-state index contributed by atoms with van der Waals surface area (Å²) < 4.78 is 1.84. The van der Waals surface area contributed by atoms with Gasteiger partial charge in [0.2, 0.25) is 0 Å². The first-order valence-electron chi connectivity index (χ1n) is 3.76. The first-order chi connectivity index (χ1) is 5.61. The lowest BCUT2D eigenvalue weighted by Gasteiger charge is -1.99. The molecule has 0 aliphatic carbocycles. The molecular weight excluding hydrogens is 176 g/mol. The number of rotatable bonds is 3. The van der Waals surface area contributed by atoms with Crippen molar-refractivity contribution in [1.29, 1.82) is 0 Å². The summed E-state index contributed by atoms with van der Waals surface area (Å²) in [5, 5.41) is 0.499. The molecule has 0 N–H and O–H groups in total. The third-order valence-corrected chi connectivity index (χ3v) is 2.04. The highest BCUT2D eigenvalue weighted by Gasteiger charge is 2.06. The van der Waals surface area contributed by atoms with Gasteiger partial charge < -0.3 is 9.36 Å². The Morgan fingerprint density at radius 1 is 1.75 bits per heavy atom.